The SMILES string of the molecule is c1ccc2c(c1)nc(CCc1c[nH]c3ccccc13)n1c3ccccc3nc21. The molecule has 1 N–H and O–H groups in total. The molecule has 3 heterocycles. The van der Waals surface area contributed by atoms with Crippen LogP contribution in [0.2, 0.25) is 0 Å². The molecule has 0 amide bonds. The van der Waals surface area contributed by atoms with Gasteiger partial charge in [-0.2, -0.15) is 0 Å². The van der Waals surface area contributed by atoms with Crippen LogP contribution >= 0.6 is 0 Å². The van der Waals surface area contributed by atoms with Gasteiger partial charge in [0, 0.05) is 28.9 Å². The first-order valence-corrected chi connectivity index (χ1v) is 9.58. The second kappa shape index (κ2) is 5.92. The molecule has 0 aliphatic heterocycles. The summed E-state index contributed by atoms with van der Waals surface area (Å²) in [4.78, 5) is 13.3. The van der Waals surface area contributed by atoms with Crippen LogP contribution < -0.4 is 0 Å². The van der Waals surface area contributed by atoms with Gasteiger partial charge in [-0.25, -0.2) is 9.97 Å². The third-order valence-electron chi connectivity index (χ3n) is 5.51. The van der Waals surface area contributed by atoms with E-state index in [1.165, 1.54) is 16.5 Å². The molecule has 4 nitrogen and oxygen atoms in total. The van der Waals surface area contributed by atoms with E-state index in [2.05, 4.69) is 76.2 Å². The van der Waals surface area contributed by atoms with Crippen LogP contribution in [0.4, 0.5) is 0 Å². The van der Waals surface area contributed by atoms with E-state index in [4.69, 9.17) is 9.97 Å². The fourth-order valence-electron chi connectivity index (χ4n) is 4.17. The summed E-state index contributed by atoms with van der Waals surface area (Å²) < 4.78 is 2.23. The Bertz CT molecular complexity index is 1470. The lowest BCUT2D eigenvalue weighted by molar-refractivity contribution is 0.855. The number of aromatic amines is 1. The molecule has 0 unspecified atom stereocenters. The van der Waals surface area contributed by atoms with Gasteiger partial charge in [0.15, 0.2) is 0 Å². The third-order valence-corrected chi connectivity index (χ3v) is 5.51. The lowest BCUT2D eigenvalue weighted by Gasteiger charge is -2.09. The average molecular weight is 362 g/mol. The van der Waals surface area contributed by atoms with Crippen molar-refractivity contribution in [2.75, 3.05) is 0 Å². The van der Waals surface area contributed by atoms with Crippen LogP contribution in [0, 0.1) is 0 Å². The molecule has 0 fully saturated rings. The minimum atomic E-state index is 0.851. The lowest BCUT2D eigenvalue weighted by atomic mass is 10.1. The standard InChI is InChI=1S/C24H18N4/c1-3-9-19-17(7-1)16(15-25-19)13-14-23-26-20-10-4-2-8-18(20)24-27-21-11-5-6-12-22(21)28(23)24/h1-12,15,25H,13-14H2. The molecule has 3 aromatic carbocycles. The highest BCUT2D eigenvalue weighted by molar-refractivity contribution is 5.96. The first-order valence-electron chi connectivity index (χ1n) is 9.58. The van der Waals surface area contributed by atoms with Crippen molar-refractivity contribution in [3.05, 3.63) is 90.4 Å². The van der Waals surface area contributed by atoms with Gasteiger partial charge in [0.05, 0.1) is 16.6 Å². The van der Waals surface area contributed by atoms with Crippen LogP contribution in [0.15, 0.2) is 79.0 Å². The summed E-state index contributed by atoms with van der Waals surface area (Å²) in [6.45, 7) is 0. The van der Waals surface area contributed by atoms with E-state index in [0.717, 1.165) is 46.2 Å². The number of aromatic nitrogens is 4. The number of nitrogens with one attached hydrogen (secondary N) is 1. The van der Waals surface area contributed by atoms with Gasteiger partial charge < -0.3 is 4.98 Å². The summed E-state index contributed by atoms with van der Waals surface area (Å²) in [5.41, 5.74) is 6.61. The number of benzene rings is 3. The number of imidazole rings is 1. The van der Waals surface area contributed by atoms with E-state index >= 15 is 0 Å². The number of aryl methyl sites for hydroxylation is 2. The van der Waals surface area contributed by atoms with Crippen molar-refractivity contribution in [2.45, 2.75) is 12.8 Å². The molecule has 134 valence electrons. The Balaban J connectivity index is 1.54. The van der Waals surface area contributed by atoms with Crippen molar-refractivity contribution >= 4 is 38.5 Å². The van der Waals surface area contributed by atoms with Gasteiger partial charge in [-0.3, -0.25) is 4.40 Å². The molecule has 0 saturated heterocycles. The smallest absolute Gasteiger partial charge is 0.148 e. The summed E-state index contributed by atoms with van der Waals surface area (Å²) in [5.74, 6) is 1.05. The highest BCUT2D eigenvalue weighted by Gasteiger charge is 2.14. The molecule has 6 rings (SSSR count). The van der Waals surface area contributed by atoms with Gasteiger partial charge in [-0.05, 0) is 42.3 Å². The number of para-hydroxylation sites is 4. The Kier molecular flexibility index (Phi) is 3.26. The Labute approximate surface area is 161 Å². The van der Waals surface area contributed by atoms with Crippen LogP contribution in [-0.2, 0) is 12.8 Å². The van der Waals surface area contributed by atoms with Crippen LogP contribution in [0.5, 0.6) is 0 Å². The molecule has 0 saturated carbocycles. The minimum Gasteiger partial charge on any atom is -0.361 e. The molecule has 0 bridgehead atoms. The molecule has 0 aliphatic rings. The fourth-order valence-corrected chi connectivity index (χ4v) is 4.17. The zero-order valence-corrected chi connectivity index (χ0v) is 15.3. The maximum Gasteiger partial charge on any atom is 0.148 e. The van der Waals surface area contributed by atoms with E-state index in [-0.39, 0.29) is 0 Å². The van der Waals surface area contributed by atoms with E-state index < -0.39 is 0 Å². The van der Waals surface area contributed by atoms with E-state index in [1.54, 1.807) is 0 Å². The number of hydrogen-bond donors (Lipinski definition) is 1. The normalized spacial score (nSPS) is 11.9. The van der Waals surface area contributed by atoms with E-state index in [0.29, 0.717) is 0 Å². The van der Waals surface area contributed by atoms with Crippen LogP contribution in [0.3, 0.4) is 0 Å². The predicted octanol–water partition coefficient (Wildman–Crippen LogP) is 5.30. The monoisotopic (exact) mass is 362 g/mol. The summed E-state index contributed by atoms with van der Waals surface area (Å²) in [6, 6.07) is 25.0. The zero-order chi connectivity index (χ0) is 18.5. The number of hydrogen-bond acceptors (Lipinski definition) is 2. The molecule has 28 heavy (non-hydrogen) atoms. The van der Waals surface area contributed by atoms with Crippen LogP contribution in [-0.4, -0.2) is 19.4 Å². The van der Waals surface area contributed by atoms with Crippen molar-refractivity contribution < 1.29 is 0 Å². The van der Waals surface area contributed by atoms with Gasteiger partial charge in [-0.15, -0.1) is 0 Å². The maximum absolute atomic E-state index is 5.02. The molecule has 4 heteroatoms. The number of nitrogens with zero attached hydrogens (tertiary/aromatic N) is 3. The molecule has 0 spiro atoms. The first-order chi connectivity index (χ1) is 13.9. The summed E-state index contributed by atoms with van der Waals surface area (Å²) in [5, 5.41) is 2.38. The molecule has 3 aromatic heterocycles. The highest BCUT2D eigenvalue weighted by atomic mass is 15.1. The highest BCUT2D eigenvalue weighted by Crippen LogP contribution is 2.26. The average Bonchev–Trinajstić information content (AvgIpc) is 3.34. The van der Waals surface area contributed by atoms with Crippen LogP contribution in [0.1, 0.15) is 11.4 Å². The minimum absolute atomic E-state index is 0.851. The second-order valence-corrected chi connectivity index (χ2v) is 7.16. The predicted molar refractivity (Wildman–Crippen MR) is 114 cm³/mol. The van der Waals surface area contributed by atoms with Gasteiger partial charge >= 0.3 is 0 Å². The van der Waals surface area contributed by atoms with E-state index in [1.807, 2.05) is 12.1 Å². The van der Waals surface area contributed by atoms with Gasteiger partial charge in [0.25, 0.3) is 0 Å². The number of fused-ring (bicyclic) bond motifs is 6. The summed E-state index contributed by atoms with van der Waals surface area (Å²) in [6.07, 6.45) is 3.90. The molecular weight excluding hydrogens is 344 g/mol. The summed E-state index contributed by atoms with van der Waals surface area (Å²) >= 11 is 0. The Morgan fingerprint density at radius 3 is 2.39 bits per heavy atom. The Hall–Kier alpha value is -3.66. The molecule has 0 aliphatic carbocycles. The molecule has 6 aromatic rings. The van der Waals surface area contributed by atoms with Gasteiger partial charge in [0.1, 0.15) is 11.5 Å². The first kappa shape index (κ1) is 15.4. The molecular formula is C24H18N4. The van der Waals surface area contributed by atoms with Crippen molar-refractivity contribution in [1.82, 2.24) is 19.4 Å². The lowest BCUT2D eigenvalue weighted by Crippen LogP contribution is -2.04. The Morgan fingerprint density at radius 2 is 1.46 bits per heavy atom. The Morgan fingerprint density at radius 1 is 0.714 bits per heavy atom. The quantitative estimate of drug-likeness (QED) is 0.464. The van der Waals surface area contributed by atoms with Gasteiger partial charge in [0.2, 0.25) is 0 Å². The van der Waals surface area contributed by atoms with E-state index in [9.17, 15) is 0 Å². The summed E-state index contributed by atoms with van der Waals surface area (Å²) in [7, 11) is 0. The molecule has 0 atom stereocenters. The van der Waals surface area contributed by atoms with Gasteiger partial charge in [-0.1, -0.05) is 42.5 Å². The van der Waals surface area contributed by atoms with Crippen molar-refractivity contribution in [3.8, 4) is 0 Å². The third kappa shape index (κ3) is 2.24. The number of rotatable bonds is 3. The largest absolute Gasteiger partial charge is 0.361 e. The van der Waals surface area contributed by atoms with Crippen molar-refractivity contribution in [3.63, 3.8) is 0 Å². The maximum atomic E-state index is 5.02. The fraction of sp³-hybridized carbons (Fsp3) is 0.0833. The topological polar surface area (TPSA) is 46.0 Å². The van der Waals surface area contributed by atoms with Crippen LogP contribution in [0.25, 0.3) is 38.5 Å². The zero-order valence-electron chi connectivity index (χ0n) is 15.3. The molecule has 0 radical (unpaired) electrons. The van der Waals surface area contributed by atoms with Crippen molar-refractivity contribution in [2.24, 2.45) is 0 Å². The number of H-pyrrole nitrogens is 1. The second-order valence-electron chi connectivity index (χ2n) is 7.16. The van der Waals surface area contributed by atoms with Crippen molar-refractivity contribution in [1.29, 1.82) is 0 Å².